The molecule has 4 nitrogen and oxygen atoms in total. The van der Waals surface area contributed by atoms with Crippen LogP contribution in [0.15, 0.2) is 24.3 Å². The number of nitrogens with one attached hydrogen (secondary N) is 1. The maximum atomic E-state index is 12.3. The summed E-state index contributed by atoms with van der Waals surface area (Å²) in [5.41, 5.74) is 2.61. The van der Waals surface area contributed by atoms with E-state index >= 15 is 0 Å². The minimum absolute atomic E-state index is 0.0112. The van der Waals surface area contributed by atoms with Gasteiger partial charge in [-0.1, -0.05) is 45.0 Å². The van der Waals surface area contributed by atoms with E-state index in [1.54, 1.807) is 0 Å². The Hall–Kier alpha value is -1.55. The van der Waals surface area contributed by atoms with Gasteiger partial charge in [-0.25, -0.2) is 4.79 Å². The molecule has 1 N–H and O–H groups in total. The highest BCUT2D eigenvalue weighted by atomic mass is 16.5. The number of rotatable bonds is 5. The van der Waals surface area contributed by atoms with Crippen LogP contribution >= 0.6 is 0 Å². The third-order valence-electron chi connectivity index (χ3n) is 4.26. The van der Waals surface area contributed by atoms with Crippen LogP contribution in [-0.4, -0.2) is 36.7 Å². The van der Waals surface area contributed by atoms with Gasteiger partial charge in [-0.15, -0.1) is 0 Å². The second kappa shape index (κ2) is 7.82. The number of urea groups is 1. The molecule has 128 valence electrons. The van der Waals surface area contributed by atoms with Crippen LogP contribution in [0.3, 0.4) is 0 Å². The first-order chi connectivity index (χ1) is 10.9. The summed E-state index contributed by atoms with van der Waals surface area (Å²) in [6.07, 6.45) is 2.30. The van der Waals surface area contributed by atoms with E-state index in [-0.39, 0.29) is 17.6 Å². The van der Waals surface area contributed by atoms with Crippen LogP contribution < -0.4 is 5.32 Å². The molecule has 1 saturated heterocycles. The van der Waals surface area contributed by atoms with Crippen molar-refractivity contribution in [2.24, 2.45) is 0 Å². The van der Waals surface area contributed by atoms with E-state index in [2.05, 4.69) is 50.4 Å². The van der Waals surface area contributed by atoms with Gasteiger partial charge in [0, 0.05) is 26.2 Å². The summed E-state index contributed by atoms with van der Waals surface area (Å²) in [7, 11) is 0. The van der Waals surface area contributed by atoms with Gasteiger partial charge in [0.15, 0.2) is 0 Å². The van der Waals surface area contributed by atoms with Gasteiger partial charge in [-0.3, -0.25) is 0 Å². The molecule has 0 unspecified atom stereocenters. The average Bonchev–Trinajstić information content (AvgIpc) is 2.99. The van der Waals surface area contributed by atoms with Crippen molar-refractivity contribution >= 4 is 6.03 Å². The zero-order valence-electron chi connectivity index (χ0n) is 14.9. The third kappa shape index (κ3) is 5.24. The van der Waals surface area contributed by atoms with Gasteiger partial charge in [0.2, 0.25) is 0 Å². The van der Waals surface area contributed by atoms with E-state index in [0.717, 1.165) is 25.0 Å². The molecule has 1 aliphatic rings. The summed E-state index contributed by atoms with van der Waals surface area (Å²) in [6.45, 7) is 11.3. The number of carbonyl (C=O) groups excluding carboxylic acids is 1. The van der Waals surface area contributed by atoms with Crippen molar-refractivity contribution in [1.82, 2.24) is 10.2 Å². The Morgan fingerprint density at radius 1 is 1.30 bits per heavy atom. The molecule has 1 atom stereocenters. The second-order valence-electron chi connectivity index (χ2n) is 7.30. The Bertz CT molecular complexity index is 499. The molecule has 2 rings (SSSR count). The molecule has 1 aliphatic heterocycles. The molecule has 0 aliphatic carbocycles. The molecule has 1 aromatic rings. The van der Waals surface area contributed by atoms with E-state index in [0.29, 0.717) is 19.6 Å². The van der Waals surface area contributed by atoms with Crippen LogP contribution in [0.1, 0.15) is 51.7 Å². The molecule has 1 aromatic carbocycles. The van der Waals surface area contributed by atoms with E-state index in [4.69, 9.17) is 4.74 Å². The van der Waals surface area contributed by atoms with Crippen LogP contribution in [0.25, 0.3) is 0 Å². The van der Waals surface area contributed by atoms with Crippen LogP contribution in [0, 0.1) is 0 Å². The van der Waals surface area contributed by atoms with Crippen LogP contribution in [0.2, 0.25) is 0 Å². The molecule has 0 radical (unpaired) electrons. The lowest BCUT2D eigenvalue weighted by Crippen LogP contribution is -2.43. The molecule has 0 spiro atoms. The summed E-state index contributed by atoms with van der Waals surface area (Å²) >= 11 is 0. The molecule has 1 heterocycles. The predicted octanol–water partition coefficient (Wildman–Crippen LogP) is 3.69. The average molecular weight is 318 g/mol. The van der Waals surface area contributed by atoms with E-state index in [1.807, 2.05) is 11.8 Å². The number of benzene rings is 1. The Kier molecular flexibility index (Phi) is 6.05. The summed E-state index contributed by atoms with van der Waals surface area (Å²) in [5, 5.41) is 2.91. The maximum absolute atomic E-state index is 12.3. The number of hydrogen-bond acceptors (Lipinski definition) is 2. The molecule has 2 amide bonds. The summed E-state index contributed by atoms with van der Waals surface area (Å²) in [6, 6.07) is 8.57. The Balaban J connectivity index is 2.05. The van der Waals surface area contributed by atoms with Gasteiger partial charge < -0.3 is 15.0 Å². The lowest BCUT2D eigenvalue weighted by molar-refractivity contribution is 0.0796. The number of hydrogen-bond donors (Lipinski definition) is 1. The van der Waals surface area contributed by atoms with Crippen molar-refractivity contribution < 1.29 is 9.53 Å². The van der Waals surface area contributed by atoms with E-state index in [9.17, 15) is 4.79 Å². The maximum Gasteiger partial charge on any atom is 0.317 e. The molecule has 4 heteroatoms. The molecule has 0 saturated carbocycles. The SMILES string of the molecule is CCNC(=O)N(Cc1ccc(C(C)(C)C)cc1)C[C@@H]1CCCO1. The lowest BCUT2D eigenvalue weighted by Gasteiger charge is -2.26. The summed E-state index contributed by atoms with van der Waals surface area (Å²) in [5.74, 6) is 0. The minimum Gasteiger partial charge on any atom is -0.376 e. The fourth-order valence-corrected chi connectivity index (χ4v) is 2.85. The van der Waals surface area contributed by atoms with Gasteiger partial charge >= 0.3 is 6.03 Å². The highest BCUT2D eigenvalue weighted by molar-refractivity contribution is 5.74. The van der Waals surface area contributed by atoms with Gasteiger partial charge in [-0.2, -0.15) is 0 Å². The number of carbonyl (C=O) groups is 1. The van der Waals surface area contributed by atoms with Crippen molar-refractivity contribution in [3.8, 4) is 0 Å². The normalized spacial score (nSPS) is 18.0. The molecule has 0 aromatic heterocycles. The Morgan fingerprint density at radius 3 is 2.52 bits per heavy atom. The fraction of sp³-hybridized carbons (Fsp3) is 0.632. The van der Waals surface area contributed by atoms with Crippen molar-refractivity contribution in [2.75, 3.05) is 19.7 Å². The van der Waals surface area contributed by atoms with Gasteiger partial charge in [0.05, 0.1) is 6.10 Å². The fourth-order valence-electron chi connectivity index (χ4n) is 2.85. The highest BCUT2D eigenvalue weighted by Crippen LogP contribution is 2.23. The number of ether oxygens (including phenoxy) is 1. The minimum atomic E-state index is -0.0112. The van der Waals surface area contributed by atoms with Crippen molar-refractivity contribution in [2.45, 2.75) is 58.6 Å². The third-order valence-corrected chi connectivity index (χ3v) is 4.26. The zero-order chi connectivity index (χ0) is 16.9. The molecular formula is C19H30N2O2. The van der Waals surface area contributed by atoms with Crippen molar-refractivity contribution in [3.63, 3.8) is 0 Å². The predicted molar refractivity (Wildman–Crippen MR) is 93.6 cm³/mol. The first-order valence-electron chi connectivity index (χ1n) is 8.64. The quantitative estimate of drug-likeness (QED) is 0.899. The summed E-state index contributed by atoms with van der Waals surface area (Å²) in [4.78, 5) is 14.2. The highest BCUT2D eigenvalue weighted by Gasteiger charge is 2.22. The number of amides is 2. The molecule has 0 bridgehead atoms. The smallest absolute Gasteiger partial charge is 0.317 e. The molecular weight excluding hydrogens is 288 g/mol. The Labute approximate surface area is 140 Å². The molecule has 1 fully saturated rings. The van der Waals surface area contributed by atoms with Crippen LogP contribution in [0.5, 0.6) is 0 Å². The lowest BCUT2D eigenvalue weighted by atomic mass is 9.87. The number of nitrogens with zero attached hydrogens (tertiary/aromatic N) is 1. The first kappa shape index (κ1) is 17.8. The monoisotopic (exact) mass is 318 g/mol. The summed E-state index contributed by atoms with van der Waals surface area (Å²) < 4.78 is 5.69. The zero-order valence-corrected chi connectivity index (χ0v) is 14.9. The van der Waals surface area contributed by atoms with Crippen molar-refractivity contribution in [3.05, 3.63) is 35.4 Å². The van der Waals surface area contributed by atoms with Crippen LogP contribution in [0.4, 0.5) is 4.79 Å². The van der Waals surface area contributed by atoms with Gasteiger partial charge in [-0.05, 0) is 36.3 Å². The molecule has 23 heavy (non-hydrogen) atoms. The van der Waals surface area contributed by atoms with E-state index < -0.39 is 0 Å². The van der Waals surface area contributed by atoms with E-state index in [1.165, 1.54) is 5.56 Å². The Morgan fingerprint density at radius 2 is 2.00 bits per heavy atom. The second-order valence-corrected chi connectivity index (χ2v) is 7.30. The first-order valence-corrected chi connectivity index (χ1v) is 8.64. The van der Waals surface area contributed by atoms with Gasteiger partial charge in [0.1, 0.15) is 0 Å². The van der Waals surface area contributed by atoms with Crippen LogP contribution in [-0.2, 0) is 16.7 Å². The largest absolute Gasteiger partial charge is 0.376 e. The standard InChI is InChI=1S/C19H30N2O2/c1-5-20-18(22)21(14-17-7-6-12-23-17)13-15-8-10-16(11-9-15)19(2,3)4/h8-11,17H,5-7,12-14H2,1-4H3,(H,20,22)/t17-/m0/s1. The topological polar surface area (TPSA) is 41.6 Å². The van der Waals surface area contributed by atoms with Crippen molar-refractivity contribution in [1.29, 1.82) is 0 Å². The van der Waals surface area contributed by atoms with Gasteiger partial charge in [0.25, 0.3) is 0 Å².